The third kappa shape index (κ3) is 5.18. The molecule has 1 heterocycles. The minimum absolute atomic E-state index is 0.0196. The second kappa shape index (κ2) is 9.90. The van der Waals surface area contributed by atoms with E-state index in [2.05, 4.69) is 24.1 Å². The molecule has 0 fully saturated rings. The first kappa shape index (κ1) is 20.7. The first-order valence-electron chi connectivity index (χ1n) is 9.59. The number of esters is 1. The van der Waals surface area contributed by atoms with Gasteiger partial charge in [0.25, 0.3) is 0 Å². The number of nitrogens with zero attached hydrogens (tertiary/aromatic N) is 2. The van der Waals surface area contributed by atoms with Gasteiger partial charge in [-0.25, -0.2) is 4.79 Å². The Hall–Kier alpha value is -2.63. The summed E-state index contributed by atoms with van der Waals surface area (Å²) < 4.78 is 5.16. The van der Waals surface area contributed by atoms with E-state index in [1.54, 1.807) is 6.92 Å². The number of amides is 1. The van der Waals surface area contributed by atoms with Crippen LogP contribution in [0.2, 0.25) is 0 Å². The van der Waals surface area contributed by atoms with Crippen LogP contribution in [-0.2, 0) is 9.53 Å². The molecule has 0 unspecified atom stereocenters. The number of carbonyl (C=O) groups is 2. The van der Waals surface area contributed by atoms with E-state index >= 15 is 0 Å². The Bertz CT molecular complexity index is 799. The maximum atomic E-state index is 12.6. The first-order chi connectivity index (χ1) is 13.0. The highest BCUT2D eigenvalue weighted by Gasteiger charge is 2.19. The van der Waals surface area contributed by atoms with E-state index in [1.165, 1.54) is 6.20 Å². The topological polar surface area (TPSA) is 71.5 Å². The number of ether oxygens (including phenoxy) is 1. The van der Waals surface area contributed by atoms with Crippen molar-refractivity contribution in [2.45, 2.75) is 40.5 Å². The van der Waals surface area contributed by atoms with Crippen LogP contribution in [0.5, 0.6) is 0 Å². The van der Waals surface area contributed by atoms with Gasteiger partial charge in [-0.15, -0.1) is 0 Å². The van der Waals surface area contributed by atoms with Gasteiger partial charge in [-0.3, -0.25) is 9.78 Å². The van der Waals surface area contributed by atoms with E-state index in [9.17, 15) is 9.59 Å². The van der Waals surface area contributed by atoms with Gasteiger partial charge in [0.05, 0.1) is 24.4 Å². The fourth-order valence-electron chi connectivity index (χ4n) is 3.04. The number of rotatable bonds is 9. The lowest BCUT2D eigenvalue weighted by atomic mass is 10.1. The maximum Gasteiger partial charge on any atom is 0.341 e. The van der Waals surface area contributed by atoms with Crippen molar-refractivity contribution in [2.75, 3.05) is 31.6 Å². The second-order valence-corrected chi connectivity index (χ2v) is 6.52. The molecule has 1 aromatic carbocycles. The van der Waals surface area contributed by atoms with Crippen molar-refractivity contribution >= 4 is 28.5 Å². The fourth-order valence-corrected chi connectivity index (χ4v) is 3.04. The number of aryl methyl sites for hydroxylation is 1. The van der Waals surface area contributed by atoms with E-state index < -0.39 is 5.97 Å². The molecule has 0 spiro atoms. The Kier molecular flexibility index (Phi) is 7.58. The number of pyridine rings is 1. The van der Waals surface area contributed by atoms with Gasteiger partial charge in [0, 0.05) is 24.7 Å². The van der Waals surface area contributed by atoms with Crippen LogP contribution in [0, 0.1) is 6.92 Å². The number of hydrogen-bond acceptors (Lipinski definition) is 5. The van der Waals surface area contributed by atoms with Crippen LogP contribution in [-0.4, -0.2) is 48.0 Å². The van der Waals surface area contributed by atoms with Crippen LogP contribution in [0.4, 0.5) is 5.69 Å². The third-order valence-electron chi connectivity index (χ3n) is 4.27. The van der Waals surface area contributed by atoms with Crippen LogP contribution in [0.15, 0.2) is 24.4 Å². The van der Waals surface area contributed by atoms with Crippen LogP contribution in [0.1, 0.15) is 49.5 Å². The molecule has 0 saturated carbocycles. The molecule has 0 radical (unpaired) electrons. The van der Waals surface area contributed by atoms with Crippen molar-refractivity contribution in [3.8, 4) is 0 Å². The zero-order valence-corrected chi connectivity index (χ0v) is 16.7. The molecule has 1 aromatic heterocycles. The summed E-state index contributed by atoms with van der Waals surface area (Å²) in [6.45, 7) is 9.73. The smallest absolute Gasteiger partial charge is 0.341 e. The van der Waals surface area contributed by atoms with E-state index in [1.807, 2.05) is 30.0 Å². The Morgan fingerprint density at radius 2 is 1.85 bits per heavy atom. The van der Waals surface area contributed by atoms with Gasteiger partial charge < -0.3 is 15.0 Å². The van der Waals surface area contributed by atoms with Crippen LogP contribution in [0.25, 0.3) is 10.9 Å². The van der Waals surface area contributed by atoms with Crippen molar-refractivity contribution in [1.82, 2.24) is 9.88 Å². The molecular formula is C21H29N3O3. The SMILES string of the molecule is CCCN(CCC)C(=O)CNc1c(C(=O)OCC)cnc2ccc(C)cc12. The van der Waals surface area contributed by atoms with Gasteiger partial charge in [0.15, 0.2) is 0 Å². The maximum absolute atomic E-state index is 12.6. The molecule has 2 aromatic rings. The molecule has 0 aliphatic carbocycles. The molecule has 0 bridgehead atoms. The van der Waals surface area contributed by atoms with Crippen LogP contribution < -0.4 is 5.32 Å². The van der Waals surface area contributed by atoms with E-state index in [0.29, 0.717) is 11.3 Å². The van der Waals surface area contributed by atoms with Crippen molar-refractivity contribution < 1.29 is 14.3 Å². The standard InChI is InChI=1S/C21H29N3O3/c1-5-10-24(11-6-2)19(25)14-23-20-16-12-15(4)8-9-18(16)22-13-17(20)21(26)27-7-3/h8-9,12-13H,5-7,10-11,14H2,1-4H3,(H,22,23). The number of benzene rings is 1. The van der Waals surface area contributed by atoms with Crippen molar-refractivity contribution in [1.29, 1.82) is 0 Å². The monoisotopic (exact) mass is 371 g/mol. The van der Waals surface area contributed by atoms with Crippen molar-refractivity contribution in [3.63, 3.8) is 0 Å². The van der Waals surface area contributed by atoms with Crippen LogP contribution >= 0.6 is 0 Å². The molecular weight excluding hydrogens is 342 g/mol. The van der Waals surface area contributed by atoms with E-state index in [-0.39, 0.29) is 19.1 Å². The molecule has 27 heavy (non-hydrogen) atoms. The molecule has 0 atom stereocenters. The lowest BCUT2D eigenvalue weighted by molar-refractivity contribution is -0.129. The first-order valence-corrected chi connectivity index (χ1v) is 9.59. The number of aromatic nitrogens is 1. The average Bonchev–Trinajstić information content (AvgIpc) is 2.65. The zero-order chi connectivity index (χ0) is 19.8. The highest BCUT2D eigenvalue weighted by Crippen LogP contribution is 2.27. The van der Waals surface area contributed by atoms with E-state index in [0.717, 1.165) is 42.4 Å². The van der Waals surface area contributed by atoms with Gasteiger partial charge in [0.1, 0.15) is 5.56 Å². The number of carbonyl (C=O) groups excluding carboxylic acids is 2. The average molecular weight is 371 g/mol. The Morgan fingerprint density at radius 3 is 2.48 bits per heavy atom. The van der Waals surface area contributed by atoms with Gasteiger partial charge in [-0.05, 0) is 38.8 Å². The molecule has 1 amide bonds. The predicted molar refractivity (Wildman–Crippen MR) is 108 cm³/mol. The Morgan fingerprint density at radius 1 is 1.15 bits per heavy atom. The molecule has 1 N–H and O–H groups in total. The zero-order valence-electron chi connectivity index (χ0n) is 16.7. The minimum Gasteiger partial charge on any atom is -0.462 e. The summed E-state index contributed by atoms with van der Waals surface area (Å²) in [5.74, 6) is -0.423. The lowest BCUT2D eigenvalue weighted by Gasteiger charge is -2.22. The molecule has 6 nitrogen and oxygen atoms in total. The quantitative estimate of drug-likeness (QED) is 0.679. The summed E-state index contributed by atoms with van der Waals surface area (Å²) in [6.07, 6.45) is 3.34. The van der Waals surface area contributed by atoms with Crippen molar-refractivity contribution in [2.24, 2.45) is 0 Å². The summed E-state index contributed by atoms with van der Waals surface area (Å²) in [4.78, 5) is 31.2. The molecule has 146 valence electrons. The number of fused-ring (bicyclic) bond motifs is 1. The van der Waals surface area contributed by atoms with Crippen molar-refractivity contribution in [3.05, 3.63) is 35.5 Å². The lowest BCUT2D eigenvalue weighted by Crippen LogP contribution is -2.36. The van der Waals surface area contributed by atoms with E-state index in [4.69, 9.17) is 4.74 Å². The Balaban J connectivity index is 2.36. The fraction of sp³-hybridized carbons (Fsp3) is 0.476. The highest BCUT2D eigenvalue weighted by atomic mass is 16.5. The molecule has 6 heteroatoms. The van der Waals surface area contributed by atoms with Gasteiger partial charge in [-0.1, -0.05) is 25.5 Å². The van der Waals surface area contributed by atoms with Crippen LogP contribution in [0.3, 0.4) is 0 Å². The molecule has 0 aliphatic heterocycles. The number of hydrogen-bond donors (Lipinski definition) is 1. The summed E-state index contributed by atoms with van der Waals surface area (Å²) in [5, 5.41) is 4.00. The Labute approximate surface area is 160 Å². The largest absolute Gasteiger partial charge is 0.462 e. The molecule has 0 saturated heterocycles. The van der Waals surface area contributed by atoms with Gasteiger partial charge >= 0.3 is 5.97 Å². The van der Waals surface area contributed by atoms with Gasteiger partial charge in [0.2, 0.25) is 5.91 Å². The highest BCUT2D eigenvalue weighted by molar-refractivity contribution is 6.05. The minimum atomic E-state index is -0.442. The summed E-state index contributed by atoms with van der Waals surface area (Å²) in [6, 6.07) is 5.85. The summed E-state index contributed by atoms with van der Waals surface area (Å²) in [5.41, 5.74) is 2.77. The van der Waals surface area contributed by atoms with Gasteiger partial charge in [-0.2, -0.15) is 0 Å². The second-order valence-electron chi connectivity index (χ2n) is 6.52. The number of nitrogens with one attached hydrogen (secondary N) is 1. The molecule has 2 rings (SSSR count). The molecule has 0 aliphatic rings. The predicted octanol–water partition coefficient (Wildman–Crippen LogP) is 3.78. The third-order valence-corrected chi connectivity index (χ3v) is 4.27. The normalized spacial score (nSPS) is 10.7. The summed E-state index contributed by atoms with van der Waals surface area (Å²) in [7, 11) is 0. The summed E-state index contributed by atoms with van der Waals surface area (Å²) >= 11 is 0. The number of anilines is 1.